The van der Waals surface area contributed by atoms with E-state index in [2.05, 4.69) is 55.3 Å². The lowest BCUT2D eigenvalue weighted by molar-refractivity contribution is 0.401. The summed E-state index contributed by atoms with van der Waals surface area (Å²) in [6, 6.07) is 5.24. The number of hydrogen-bond acceptors (Lipinski definition) is 4. The summed E-state index contributed by atoms with van der Waals surface area (Å²) in [5.74, 6) is 1.11. The monoisotopic (exact) mass is 290 g/mol. The highest BCUT2D eigenvalue weighted by atomic mass is 15.2. The average Bonchev–Trinajstić information content (AvgIpc) is 3.28. The lowest BCUT2D eigenvalue weighted by atomic mass is 10.2. The van der Waals surface area contributed by atoms with Crippen LogP contribution in [0, 0.1) is 0 Å². The molecule has 21 heavy (non-hydrogen) atoms. The van der Waals surface area contributed by atoms with Gasteiger partial charge in [-0.3, -0.25) is 0 Å². The van der Waals surface area contributed by atoms with Crippen LogP contribution in [0.25, 0.3) is 0 Å². The standard InChI is InChI=1S/C17H30N4/c1-5-15-11-14(13-18-16-7-8-16)12-17(19-15)21(4)10-6-9-20(2)3/h11-12,16,18H,5-10,13H2,1-4H3. The molecule has 0 saturated heterocycles. The molecule has 0 atom stereocenters. The number of rotatable bonds is 9. The van der Waals surface area contributed by atoms with Gasteiger partial charge in [-0.15, -0.1) is 0 Å². The van der Waals surface area contributed by atoms with Crippen LogP contribution in [0.4, 0.5) is 5.82 Å². The molecule has 1 fully saturated rings. The molecule has 1 aliphatic carbocycles. The lowest BCUT2D eigenvalue weighted by Crippen LogP contribution is -2.24. The van der Waals surface area contributed by atoms with Crippen LogP contribution in [0.1, 0.15) is 37.4 Å². The fraction of sp³-hybridized carbons (Fsp3) is 0.706. The van der Waals surface area contributed by atoms with Gasteiger partial charge in [-0.1, -0.05) is 6.92 Å². The number of pyridine rings is 1. The maximum atomic E-state index is 4.78. The van der Waals surface area contributed by atoms with Gasteiger partial charge in [-0.2, -0.15) is 0 Å². The summed E-state index contributed by atoms with van der Waals surface area (Å²) in [6.07, 6.45) is 4.83. The van der Waals surface area contributed by atoms with Crippen molar-refractivity contribution in [2.45, 2.75) is 45.2 Å². The van der Waals surface area contributed by atoms with Gasteiger partial charge < -0.3 is 15.1 Å². The Hall–Kier alpha value is -1.13. The maximum Gasteiger partial charge on any atom is 0.128 e. The first-order valence-corrected chi connectivity index (χ1v) is 8.17. The zero-order chi connectivity index (χ0) is 15.2. The van der Waals surface area contributed by atoms with E-state index in [-0.39, 0.29) is 0 Å². The Morgan fingerprint density at radius 1 is 1.19 bits per heavy atom. The Morgan fingerprint density at radius 3 is 2.57 bits per heavy atom. The molecule has 0 spiro atoms. The minimum absolute atomic E-state index is 0.754. The minimum Gasteiger partial charge on any atom is -0.360 e. The molecule has 1 aromatic rings. The normalized spacial score (nSPS) is 14.7. The fourth-order valence-electron chi connectivity index (χ4n) is 2.40. The van der Waals surface area contributed by atoms with Crippen molar-refractivity contribution in [1.82, 2.24) is 15.2 Å². The third kappa shape index (κ3) is 5.64. The summed E-state index contributed by atoms with van der Waals surface area (Å²) >= 11 is 0. The summed E-state index contributed by atoms with van der Waals surface area (Å²) in [7, 11) is 6.39. The quantitative estimate of drug-likeness (QED) is 0.756. The molecule has 4 heteroatoms. The first-order valence-electron chi connectivity index (χ1n) is 8.17. The van der Waals surface area contributed by atoms with E-state index in [4.69, 9.17) is 4.98 Å². The van der Waals surface area contributed by atoms with Gasteiger partial charge in [0.15, 0.2) is 0 Å². The van der Waals surface area contributed by atoms with Crippen LogP contribution < -0.4 is 10.2 Å². The molecule has 1 N–H and O–H groups in total. The van der Waals surface area contributed by atoms with Crippen molar-refractivity contribution in [2.75, 3.05) is 39.1 Å². The van der Waals surface area contributed by atoms with Crippen LogP contribution in [-0.2, 0) is 13.0 Å². The van der Waals surface area contributed by atoms with Crippen molar-refractivity contribution in [3.63, 3.8) is 0 Å². The molecular weight excluding hydrogens is 260 g/mol. The zero-order valence-corrected chi connectivity index (χ0v) is 14.0. The SMILES string of the molecule is CCc1cc(CNC2CC2)cc(N(C)CCCN(C)C)n1. The number of nitrogens with zero attached hydrogens (tertiary/aromatic N) is 3. The van der Waals surface area contributed by atoms with Gasteiger partial charge in [0.1, 0.15) is 5.82 Å². The molecule has 4 nitrogen and oxygen atoms in total. The summed E-state index contributed by atoms with van der Waals surface area (Å²) < 4.78 is 0. The average molecular weight is 290 g/mol. The van der Waals surface area contributed by atoms with Gasteiger partial charge in [0.05, 0.1) is 0 Å². The Balaban J connectivity index is 1.96. The van der Waals surface area contributed by atoms with Crippen LogP contribution >= 0.6 is 0 Å². The third-order valence-electron chi connectivity index (χ3n) is 3.95. The van der Waals surface area contributed by atoms with Gasteiger partial charge in [-0.05, 0) is 64.0 Å². The molecule has 0 bridgehead atoms. The largest absolute Gasteiger partial charge is 0.360 e. The predicted octanol–water partition coefficient (Wildman–Crippen LogP) is 2.28. The van der Waals surface area contributed by atoms with Crippen LogP contribution in [0.15, 0.2) is 12.1 Å². The molecule has 1 saturated carbocycles. The Kier molecular flexibility index (Phi) is 6.00. The molecule has 0 unspecified atom stereocenters. The molecule has 1 aromatic heterocycles. The number of hydrogen-bond donors (Lipinski definition) is 1. The van der Waals surface area contributed by atoms with E-state index in [1.54, 1.807) is 0 Å². The molecule has 0 aromatic carbocycles. The molecule has 0 aliphatic heterocycles. The number of nitrogens with one attached hydrogen (secondary N) is 1. The molecule has 2 rings (SSSR count). The number of aromatic nitrogens is 1. The van der Waals surface area contributed by atoms with E-state index in [1.807, 2.05) is 0 Å². The maximum absolute atomic E-state index is 4.78. The number of aryl methyl sites for hydroxylation is 1. The van der Waals surface area contributed by atoms with Crippen LogP contribution in [0.2, 0.25) is 0 Å². The van der Waals surface area contributed by atoms with Crippen molar-refractivity contribution >= 4 is 5.82 Å². The van der Waals surface area contributed by atoms with E-state index in [0.29, 0.717) is 0 Å². The molecule has 1 aliphatic rings. The van der Waals surface area contributed by atoms with E-state index < -0.39 is 0 Å². The summed E-state index contributed by atoms with van der Waals surface area (Å²) in [6.45, 7) is 5.32. The fourth-order valence-corrected chi connectivity index (χ4v) is 2.40. The molecule has 118 valence electrons. The van der Waals surface area contributed by atoms with E-state index in [0.717, 1.165) is 44.3 Å². The van der Waals surface area contributed by atoms with Crippen molar-refractivity contribution in [3.05, 3.63) is 23.4 Å². The van der Waals surface area contributed by atoms with E-state index in [9.17, 15) is 0 Å². The van der Waals surface area contributed by atoms with Gasteiger partial charge in [-0.25, -0.2) is 4.98 Å². The van der Waals surface area contributed by atoms with E-state index in [1.165, 1.54) is 24.1 Å². The summed E-state index contributed by atoms with van der Waals surface area (Å²) in [5.41, 5.74) is 2.56. The van der Waals surface area contributed by atoms with Crippen LogP contribution in [-0.4, -0.2) is 50.2 Å². The Morgan fingerprint density at radius 2 is 1.95 bits per heavy atom. The second-order valence-corrected chi connectivity index (χ2v) is 6.41. The van der Waals surface area contributed by atoms with Gasteiger partial charge >= 0.3 is 0 Å². The van der Waals surface area contributed by atoms with Crippen molar-refractivity contribution in [3.8, 4) is 0 Å². The lowest BCUT2D eigenvalue weighted by Gasteiger charge is -2.21. The van der Waals surface area contributed by atoms with Crippen LogP contribution in [0.5, 0.6) is 0 Å². The number of anilines is 1. The Bertz CT molecular complexity index is 440. The van der Waals surface area contributed by atoms with Gasteiger partial charge in [0, 0.05) is 31.9 Å². The first-order chi connectivity index (χ1) is 10.1. The van der Waals surface area contributed by atoms with Crippen LogP contribution in [0.3, 0.4) is 0 Å². The predicted molar refractivity (Wildman–Crippen MR) is 89.9 cm³/mol. The van der Waals surface area contributed by atoms with E-state index >= 15 is 0 Å². The smallest absolute Gasteiger partial charge is 0.128 e. The Labute approximate surface area is 129 Å². The molecule has 0 radical (unpaired) electrons. The topological polar surface area (TPSA) is 31.4 Å². The highest BCUT2D eigenvalue weighted by Crippen LogP contribution is 2.20. The third-order valence-corrected chi connectivity index (χ3v) is 3.95. The zero-order valence-electron chi connectivity index (χ0n) is 14.0. The van der Waals surface area contributed by atoms with Crippen molar-refractivity contribution in [2.24, 2.45) is 0 Å². The molecular formula is C17H30N4. The highest BCUT2D eigenvalue weighted by molar-refractivity contribution is 5.42. The minimum atomic E-state index is 0.754. The summed E-state index contributed by atoms with van der Waals surface area (Å²) in [5, 5.41) is 3.60. The van der Waals surface area contributed by atoms with Gasteiger partial charge in [0.2, 0.25) is 0 Å². The van der Waals surface area contributed by atoms with Crippen molar-refractivity contribution < 1.29 is 0 Å². The second kappa shape index (κ2) is 7.76. The highest BCUT2D eigenvalue weighted by Gasteiger charge is 2.20. The first kappa shape index (κ1) is 16.2. The molecule has 1 heterocycles. The second-order valence-electron chi connectivity index (χ2n) is 6.41. The van der Waals surface area contributed by atoms with Crippen molar-refractivity contribution in [1.29, 1.82) is 0 Å². The summed E-state index contributed by atoms with van der Waals surface area (Å²) in [4.78, 5) is 9.29. The molecule has 0 amide bonds. The van der Waals surface area contributed by atoms with Gasteiger partial charge in [0.25, 0.3) is 0 Å².